The molecule has 0 aliphatic carbocycles. The highest BCUT2D eigenvalue weighted by molar-refractivity contribution is 7.14. The van der Waals surface area contributed by atoms with Gasteiger partial charge in [-0.05, 0) is 6.07 Å². The molecule has 2 aromatic rings. The highest BCUT2D eigenvalue weighted by Crippen LogP contribution is 2.40. The van der Waals surface area contributed by atoms with Crippen LogP contribution in [0.3, 0.4) is 0 Å². The summed E-state index contributed by atoms with van der Waals surface area (Å²) in [5.74, 6) is -0.376. The Balaban J connectivity index is 2.57. The first-order valence-electron chi connectivity index (χ1n) is 5.84. The second-order valence-electron chi connectivity index (χ2n) is 4.54. The van der Waals surface area contributed by atoms with Crippen molar-refractivity contribution in [2.45, 2.75) is 6.18 Å². The Hall–Kier alpha value is -1.31. The van der Waals surface area contributed by atoms with Gasteiger partial charge in [-0.15, -0.1) is 11.3 Å². The minimum Gasteiger partial charge on any atom is -0.345 e. The summed E-state index contributed by atoms with van der Waals surface area (Å²) < 4.78 is 37.9. The van der Waals surface area contributed by atoms with Crippen molar-refractivity contribution < 1.29 is 18.0 Å². The van der Waals surface area contributed by atoms with Crippen molar-refractivity contribution in [3.63, 3.8) is 0 Å². The number of hydrogen-bond donors (Lipinski definition) is 0. The molecule has 3 nitrogen and oxygen atoms in total. The lowest BCUT2D eigenvalue weighted by atomic mass is 10.1. The standard InChI is InChI=1S/C13H9Cl2F3N2OS/c1-20(2)12(21)9-8(15)5-22-11(9)10-7(14)3-6(4-19-10)13(16,17)18/h3-5H,1-2H3. The summed E-state index contributed by atoms with van der Waals surface area (Å²) in [6.07, 6.45) is -3.86. The van der Waals surface area contributed by atoms with Gasteiger partial charge in [-0.3, -0.25) is 9.78 Å². The maximum Gasteiger partial charge on any atom is 0.417 e. The monoisotopic (exact) mass is 368 g/mol. The van der Waals surface area contributed by atoms with Crippen molar-refractivity contribution in [1.82, 2.24) is 9.88 Å². The van der Waals surface area contributed by atoms with Crippen molar-refractivity contribution in [2.24, 2.45) is 0 Å². The minimum absolute atomic E-state index is 0.0942. The fourth-order valence-corrected chi connectivity index (χ4v) is 3.30. The van der Waals surface area contributed by atoms with Crippen LogP contribution in [-0.4, -0.2) is 29.9 Å². The third-order valence-corrected chi connectivity index (χ3v) is 4.45. The van der Waals surface area contributed by atoms with Crippen molar-refractivity contribution in [3.8, 4) is 10.6 Å². The zero-order valence-corrected chi connectivity index (χ0v) is 13.7. The Bertz CT molecular complexity index is 729. The minimum atomic E-state index is -4.54. The zero-order valence-electron chi connectivity index (χ0n) is 11.3. The van der Waals surface area contributed by atoms with Crippen LogP contribution in [0.5, 0.6) is 0 Å². The number of thiophene rings is 1. The van der Waals surface area contributed by atoms with E-state index >= 15 is 0 Å². The number of hydrogen-bond acceptors (Lipinski definition) is 3. The summed E-state index contributed by atoms with van der Waals surface area (Å²) in [6.45, 7) is 0. The van der Waals surface area contributed by atoms with Crippen LogP contribution in [0.4, 0.5) is 13.2 Å². The molecule has 0 bridgehead atoms. The van der Waals surface area contributed by atoms with E-state index in [4.69, 9.17) is 23.2 Å². The van der Waals surface area contributed by atoms with E-state index in [2.05, 4.69) is 4.98 Å². The quantitative estimate of drug-likeness (QED) is 0.759. The van der Waals surface area contributed by atoms with Gasteiger partial charge < -0.3 is 4.90 Å². The number of rotatable bonds is 2. The largest absolute Gasteiger partial charge is 0.417 e. The number of carbonyl (C=O) groups excluding carboxylic acids is 1. The average molecular weight is 369 g/mol. The Morgan fingerprint density at radius 3 is 2.41 bits per heavy atom. The fourth-order valence-electron chi connectivity index (χ4n) is 1.69. The van der Waals surface area contributed by atoms with E-state index in [1.54, 1.807) is 14.1 Å². The second kappa shape index (κ2) is 6.06. The molecule has 0 aromatic carbocycles. The molecule has 0 unspecified atom stereocenters. The number of alkyl halides is 3. The number of halogens is 5. The first-order chi connectivity index (χ1) is 10.1. The summed E-state index contributed by atoms with van der Waals surface area (Å²) in [6, 6.07) is 0.779. The van der Waals surface area contributed by atoms with Crippen LogP contribution >= 0.6 is 34.5 Å². The van der Waals surface area contributed by atoms with Crippen LogP contribution in [0, 0.1) is 0 Å². The highest BCUT2D eigenvalue weighted by atomic mass is 35.5. The molecule has 0 atom stereocenters. The average Bonchev–Trinajstić information content (AvgIpc) is 2.78. The van der Waals surface area contributed by atoms with Crippen molar-refractivity contribution in [2.75, 3.05) is 14.1 Å². The molecule has 0 saturated carbocycles. The van der Waals surface area contributed by atoms with Crippen molar-refractivity contribution in [1.29, 1.82) is 0 Å². The zero-order chi connectivity index (χ0) is 16.7. The van der Waals surface area contributed by atoms with Gasteiger partial charge in [0.05, 0.1) is 31.7 Å². The Labute approximate surface area is 138 Å². The van der Waals surface area contributed by atoms with E-state index in [9.17, 15) is 18.0 Å². The normalized spacial score (nSPS) is 11.6. The van der Waals surface area contributed by atoms with Gasteiger partial charge in [0, 0.05) is 25.7 Å². The summed E-state index contributed by atoms with van der Waals surface area (Å²) in [5.41, 5.74) is -0.688. The molecule has 0 fully saturated rings. The topological polar surface area (TPSA) is 33.2 Å². The lowest BCUT2D eigenvalue weighted by Gasteiger charge is -2.13. The molecule has 0 spiro atoms. The molecule has 0 N–H and O–H groups in total. The number of carbonyl (C=O) groups is 1. The number of nitrogens with zero attached hydrogens (tertiary/aromatic N) is 2. The van der Waals surface area contributed by atoms with Crippen LogP contribution in [-0.2, 0) is 6.18 Å². The molecule has 2 heterocycles. The van der Waals surface area contributed by atoms with Gasteiger partial charge in [0.2, 0.25) is 0 Å². The molecular weight excluding hydrogens is 360 g/mol. The van der Waals surface area contributed by atoms with Crippen LogP contribution < -0.4 is 0 Å². The highest BCUT2D eigenvalue weighted by Gasteiger charge is 2.32. The smallest absolute Gasteiger partial charge is 0.345 e. The number of amides is 1. The van der Waals surface area contributed by atoms with E-state index in [1.165, 1.54) is 10.3 Å². The number of aromatic nitrogens is 1. The second-order valence-corrected chi connectivity index (χ2v) is 6.23. The van der Waals surface area contributed by atoms with Crippen molar-refractivity contribution in [3.05, 3.63) is 38.8 Å². The molecule has 2 aromatic heterocycles. The SMILES string of the molecule is CN(C)C(=O)c1c(Cl)csc1-c1ncc(C(F)(F)F)cc1Cl. The molecule has 0 saturated heterocycles. The van der Waals surface area contributed by atoms with Gasteiger partial charge in [-0.1, -0.05) is 23.2 Å². The number of pyridine rings is 1. The summed E-state index contributed by atoms with van der Waals surface area (Å²) >= 11 is 13.0. The lowest BCUT2D eigenvalue weighted by molar-refractivity contribution is -0.137. The lowest BCUT2D eigenvalue weighted by Crippen LogP contribution is -2.22. The molecule has 2 rings (SSSR count). The summed E-state index contributed by atoms with van der Waals surface area (Å²) in [4.78, 5) is 17.6. The van der Waals surface area contributed by atoms with Crippen LogP contribution in [0.1, 0.15) is 15.9 Å². The predicted octanol–water partition coefficient (Wildman–Crippen LogP) is 4.84. The Morgan fingerprint density at radius 1 is 1.27 bits per heavy atom. The van der Waals surface area contributed by atoms with E-state index < -0.39 is 11.7 Å². The summed E-state index contributed by atoms with van der Waals surface area (Å²) in [7, 11) is 3.09. The third kappa shape index (κ3) is 3.21. The Morgan fingerprint density at radius 2 is 1.91 bits per heavy atom. The Kier molecular flexibility index (Phi) is 4.70. The summed E-state index contributed by atoms with van der Waals surface area (Å²) in [5, 5.41) is 1.53. The molecule has 1 amide bonds. The van der Waals surface area contributed by atoms with Gasteiger partial charge in [-0.25, -0.2) is 0 Å². The van der Waals surface area contributed by atoms with E-state index in [0.29, 0.717) is 11.1 Å². The van der Waals surface area contributed by atoms with Crippen LogP contribution in [0.2, 0.25) is 10.0 Å². The molecule has 0 aliphatic heterocycles. The molecule has 0 aliphatic rings. The molecular formula is C13H9Cl2F3N2OS. The van der Waals surface area contributed by atoms with Gasteiger partial charge in [-0.2, -0.15) is 13.2 Å². The molecule has 9 heteroatoms. The maximum absolute atomic E-state index is 12.6. The first-order valence-corrected chi connectivity index (χ1v) is 7.48. The van der Waals surface area contributed by atoms with Gasteiger partial charge in [0.15, 0.2) is 0 Å². The first kappa shape index (κ1) is 17.1. The van der Waals surface area contributed by atoms with E-state index in [0.717, 1.165) is 17.4 Å². The van der Waals surface area contributed by atoms with Crippen molar-refractivity contribution >= 4 is 40.4 Å². The molecule has 22 heavy (non-hydrogen) atoms. The van der Waals surface area contributed by atoms with E-state index in [-0.39, 0.29) is 27.2 Å². The third-order valence-electron chi connectivity index (χ3n) is 2.75. The molecule has 0 radical (unpaired) electrons. The van der Waals surface area contributed by atoms with Gasteiger partial charge in [0.25, 0.3) is 5.91 Å². The van der Waals surface area contributed by atoms with E-state index in [1.807, 2.05) is 0 Å². The molecule has 118 valence electrons. The van der Waals surface area contributed by atoms with Crippen LogP contribution in [0.15, 0.2) is 17.6 Å². The maximum atomic E-state index is 12.6. The van der Waals surface area contributed by atoms with Crippen LogP contribution in [0.25, 0.3) is 10.6 Å². The van der Waals surface area contributed by atoms with Gasteiger partial charge >= 0.3 is 6.18 Å². The fraction of sp³-hybridized carbons (Fsp3) is 0.231. The predicted molar refractivity (Wildman–Crippen MR) is 80.6 cm³/mol. The van der Waals surface area contributed by atoms with Gasteiger partial charge in [0.1, 0.15) is 0 Å².